The number of nitrogens with zero attached hydrogens (tertiary/aromatic N) is 1. The van der Waals surface area contributed by atoms with Crippen LogP contribution >= 0.6 is 0 Å². The van der Waals surface area contributed by atoms with Crippen LogP contribution in [0.15, 0.2) is 40.4 Å². The van der Waals surface area contributed by atoms with Gasteiger partial charge in [0.25, 0.3) is 0 Å². The van der Waals surface area contributed by atoms with Gasteiger partial charge in [-0.1, -0.05) is 30.7 Å². The quantitative estimate of drug-likeness (QED) is 0.636. The first-order valence-electron chi connectivity index (χ1n) is 7.31. The summed E-state index contributed by atoms with van der Waals surface area (Å²) in [6, 6.07) is 3.80. The molecule has 114 valence electrons. The minimum Gasteiger partial charge on any atom is -0.406 e. The lowest BCUT2D eigenvalue weighted by Crippen LogP contribution is -2.38. The summed E-state index contributed by atoms with van der Waals surface area (Å²) in [5.74, 6) is 0.629. The van der Waals surface area contributed by atoms with E-state index in [1.807, 2.05) is 6.92 Å². The molecule has 1 aliphatic carbocycles. The van der Waals surface area contributed by atoms with E-state index in [1.54, 1.807) is 6.07 Å². The molecule has 1 heterocycles. The van der Waals surface area contributed by atoms with Crippen molar-refractivity contribution >= 4 is 5.88 Å². The van der Waals surface area contributed by atoms with Crippen LogP contribution in [0.3, 0.4) is 0 Å². The fourth-order valence-electron chi connectivity index (χ4n) is 2.70. The normalized spacial score (nSPS) is 20.9. The predicted octanol–water partition coefficient (Wildman–Crippen LogP) is 3.93. The molecule has 0 amide bonds. The molecule has 1 aromatic heterocycles. The fourth-order valence-corrected chi connectivity index (χ4v) is 2.70. The highest BCUT2D eigenvalue weighted by Gasteiger charge is 2.20. The van der Waals surface area contributed by atoms with Crippen molar-refractivity contribution in [3.05, 3.63) is 51.8 Å². The molecule has 0 aliphatic heterocycles. The Morgan fingerprint density at radius 3 is 2.86 bits per heavy atom. The van der Waals surface area contributed by atoms with E-state index in [4.69, 9.17) is 4.42 Å². The molecule has 0 bridgehead atoms. The molecule has 0 saturated heterocycles. The highest BCUT2D eigenvalue weighted by molar-refractivity contribution is 5.22. The Labute approximate surface area is 124 Å². The van der Waals surface area contributed by atoms with Crippen LogP contribution in [-0.2, 0) is 0 Å². The Morgan fingerprint density at radius 2 is 2.24 bits per heavy atom. The van der Waals surface area contributed by atoms with Crippen LogP contribution in [-0.4, -0.2) is 17.0 Å². The Bertz CT molecular complexity index is 560. The van der Waals surface area contributed by atoms with Crippen molar-refractivity contribution in [2.24, 2.45) is 0 Å². The molecule has 0 aromatic carbocycles. The maximum atomic E-state index is 10.6. The number of hydrogen-bond donors (Lipinski definition) is 1. The third-order valence-corrected chi connectivity index (χ3v) is 3.89. The van der Waals surface area contributed by atoms with Gasteiger partial charge in [-0.25, -0.2) is 0 Å². The summed E-state index contributed by atoms with van der Waals surface area (Å²) in [7, 11) is 0. The zero-order valence-corrected chi connectivity index (χ0v) is 12.7. The summed E-state index contributed by atoms with van der Waals surface area (Å²) in [5.41, 5.74) is 1.34. The molecule has 0 radical (unpaired) electrons. The van der Waals surface area contributed by atoms with E-state index in [0.29, 0.717) is 17.8 Å². The molecule has 5 heteroatoms. The molecular formula is C16H22N2O3. The molecule has 1 aliphatic rings. The van der Waals surface area contributed by atoms with Crippen LogP contribution in [0.25, 0.3) is 0 Å². The van der Waals surface area contributed by atoms with Gasteiger partial charge in [-0.2, -0.15) is 0 Å². The van der Waals surface area contributed by atoms with Crippen LogP contribution in [0.4, 0.5) is 5.88 Å². The largest absolute Gasteiger partial charge is 0.433 e. The van der Waals surface area contributed by atoms with E-state index in [0.717, 1.165) is 12.8 Å². The number of hydrogen-bond acceptors (Lipinski definition) is 4. The van der Waals surface area contributed by atoms with Gasteiger partial charge in [-0.15, -0.1) is 0 Å². The van der Waals surface area contributed by atoms with Crippen LogP contribution in [0.1, 0.15) is 45.3 Å². The van der Waals surface area contributed by atoms with Gasteiger partial charge in [-0.05, 0) is 32.8 Å². The molecule has 2 rings (SSSR count). The van der Waals surface area contributed by atoms with E-state index in [-0.39, 0.29) is 11.8 Å². The van der Waals surface area contributed by atoms with E-state index >= 15 is 0 Å². The zero-order chi connectivity index (χ0) is 15.4. The second-order valence-corrected chi connectivity index (χ2v) is 5.76. The highest BCUT2D eigenvalue weighted by atomic mass is 16.6. The monoisotopic (exact) mass is 290 g/mol. The molecule has 1 aromatic rings. The molecule has 3 atom stereocenters. The minimum atomic E-state index is -0.500. The van der Waals surface area contributed by atoms with E-state index in [1.165, 1.54) is 11.6 Å². The van der Waals surface area contributed by atoms with Gasteiger partial charge in [-0.3, -0.25) is 10.1 Å². The smallest absolute Gasteiger partial charge is 0.406 e. The van der Waals surface area contributed by atoms with Gasteiger partial charge < -0.3 is 9.73 Å². The Balaban J connectivity index is 1.89. The van der Waals surface area contributed by atoms with Crippen molar-refractivity contribution in [2.45, 2.75) is 51.6 Å². The van der Waals surface area contributed by atoms with Crippen molar-refractivity contribution in [2.75, 3.05) is 0 Å². The van der Waals surface area contributed by atoms with Crippen molar-refractivity contribution in [3.63, 3.8) is 0 Å². The third kappa shape index (κ3) is 4.04. The topological polar surface area (TPSA) is 68.3 Å². The van der Waals surface area contributed by atoms with Gasteiger partial charge in [0.1, 0.15) is 10.7 Å². The second-order valence-electron chi connectivity index (χ2n) is 5.76. The number of nitrogens with one attached hydrogen (secondary N) is 1. The molecule has 0 saturated carbocycles. The molecule has 5 nitrogen and oxygen atoms in total. The van der Waals surface area contributed by atoms with Gasteiger partial charge in [0.15, 0.2) is 0 Å². The molecule has 1 N–H and O–H groups in total. The number of allylic oxidation sites excluding steroid dienone is 2. The van der Waals surface area contributed by atoms with Crippen LogP contribution in [0, 0.1) is 10.1 Å². The maximum absolute atomic E-state index is 10.6. The van der Waals surface area contributed by atoms with Crippen molar-refractivity contribution in [3.8, 4) is 0 Å². The minimum absolute atomic E-state index is 0.143. The first-order valence-corrected chi connectivity index (χ1v) is 7.31. The molecular weight excluding hydrogens is 268 g/mol. The third-order valence-electron chi connectivity index (χ3n) is 3.89. The first kappa shape index (κ1) is 15.5. The van der Waals surface area contributed by atoms with E-state index < -0.39 is 4.92 Å². The molecule has 0 fully saturated rings. The van der Waals surface area contributed by atoms with Crippen LogP contribution < -0.4 is 5.32 Å². The summed E-state index contributed by atoms with van der Waals surface area (Å²) in [5, 5.41) is 14.2. The van der Waals surface area contributed by atoms with Crippen LogP contribution in [0.2, 0.25) is 0 Å². The summed E-state index contributed by atoms with van der Waals surface area (Å²) in [4.78, 5) is 10.1. The number of furan rings is 1. The zero-order valence-electron chi connectivity index (χ0n) is 12.7. The number of nitro groups is 1. The first-order chi connectivity index (χ1) is 9.97. The van der Waals surface area contributed by atoms with Crippen LogP contribution in [0.5, 0.6) is 0 Å². The van der Waals surface area contributed by atoms with E-state index in [2.05, 4.69) is 37.4 Å². The van der Waals surface area contributed by atoms with Crippen molar-refractivity contribution in [1.29, 1.82) is 0 Å². The summed E-state index contributed by atoms with van der Waals surface area (Å²) >= 11 is 0. The highest BCUT2D eigenvalue weighted by Crippen LogP contribution is 2.26. The van der Waals surface area contributed by atoms with Gasteiger partial charge in [0, 0.05) is 18.0 Å². The second kappa shape index (κ2) is 6.72. The Kier molecular flexibility index (Phi) is 4.96. The standard InChI is InChI=1S/C16H22N2O3/c1-11-6-4-5-7-14(11)17-13(3)10-12(2)15-8-9-16(21-15)18(19)20/h4-6,8-9,12-14,17H,7,10H2,1-3H3/t12?,13-,14+/m0/s1. The molecule has 1 unspecified atom stereocenters. The predicted molar refractivity (Wildman–Crippen MR) is 82.3 cm³/mol. The van der Waals surface area contributed by atoms with Crippen molar-refractivity contribution in [1.82, 2.24) is 5.32 Å². The summed E-state index contributed by atoms with van der Waals surface area (Å²) < 4.78 is 5.27. The summed E-state index contributed by atoms with van der Waals surface area (Å²) in [6.07, 6.45) is 8.26. The number of rotatable bonds is 6. The maximum Gasteiger partial charge on any atom is 0.433 e. The van der Waals surface area contributed by atoms with Gasteiger partial charge >= 0.3 is 5.88 Å². The lowest BCUT2D eigenvalue weighted by molar-refractivity contribution is -0.402. The Hall–Kier alpha value is -1.88. The summed E-state index contributed by atoms with van der Waals surface area (Å²) in [6.45, 7) is 6.30. The molecule has 0 spiro atoms. The molecule has 21 heavy (non-hydrogen) atoms. The van der Waals surface area contributed by atoms with E-state index in [9.17, 15) is 10.1 Å². The van der Waals surface area contributed by atoms with Gasteiger partial charge in [0.2, 0.25) is 0 Å². The fraction of sp³-hybridized carbons (Fsp3) is 0.500. The lowest BCUT2D eigenvalue weighted by Gasteiger charge is -2.26. The lowest BCUT2D eigenvalue weighted by atomic mass is 9.96. The SMILES string of the molecule is CC1=CC=CC[C@H]1N[C@@H](C)CC(C)c1ccc([N+](=O)[O-])o1. The van der Waals surface area contributed by atoms with Crippen molar-refractivity contribution < 1.29 is 9.34 Å². The Morgan fingerprint density at radius 1 is 1.48 bits per heavy atom. The average molecular weight is 290 g/mol. The average Bonchev–Trinajstić information content (AvgIpc) is 2.91. The van der Waals surface area contributed by atoms with Gasteiger partial charge in [0.05, 0.1) is 6.07 Å².